The highest BCUT2D eigenvalue weighted by atomic mass is 32.2. The number of anilines is 1. The van der Waals surface area contributed by atoms with Gasteiger partial charge in [0.2, 0.25) is 0 Å². The zero-order valence-corrected chi connectivity index (χ0v) is 19.7. The fourth-order valence-corrected chi connectivity index (χ4v) is 4.36. The zero-order valence-electron chi connectivity index (χ0n) is 18.8. The summed E-state index contributed by atoms with van der Waals surface area (Å²) in [6.45, 7) is 1.59. The average molecular weight is 504 g/mol. The molecule has 0 saturated carbocycles. The standard InChI is InChI=1S/C24H20F3N3O4S/c1-13-9-10-15(35-24(25,26)27)11-17(13)30-20(23(32)34-3)19(22(31)33-2)18(16(12-28)21(30)29)14-7-5-4-6-8-14/h4-11,18H,29H2,1-3H3. The summed E-state index contributed by atoms with van der Waals surface area (Å²) in [7, 11) is 2.19. The Bertz CT molecular complexity index is 1270. The first-order chi connectivity index (χ1) is 16.5. The topological polar surface area (TPSA) is 106 Å². The first kappa shape index (κ1) is 25.7. The number of nitrogens with two attached hydrogens (primary N) is 1. The third-order valence-electron chi connectivity index (χ3n) is 5.27. The zero-order chi connectivity index (χ0) is 25.9. The van der Waals surface area contributed by atoms with Crippen molar-refractivity contribution >= 4 is 29.4 Å². The van der Waals surface area contributed by atoms with Gasteiger partial charge in [0, 0.05) is 4.90 Å². The molecule has 1 heterocycles. The number of hydrogen-bond donors (Lipinski definition) is 1. The number of carbonyl (C=O) groups is 2. The fraction of sp³-hybridized carbons (Fsp3) is 0.208. The van der Waals surface area contributed by atoms with Crippen molar-refractivity contribution in [1.82, 2.24) is 0 Å². The number of alkyl halides is 3. The number of ether oxygens (including phenoxy) is 2. The molecule has 1 aliphatic rings. The van der Waals surface area contributed by atoms with Crippen molar-refractivity contribution in [2.75, 3.05) is 19.1 Å². The molecule has 3 rings (SSSR count). The van der Waals surface area contributed by atoms with Crippen LogP contribution in [0.3, 0.4) is 0 Å². The van der Waals surface area contributed by atoms with E-state index in [1.54, 1.807) is 37.3 Å². The van der Waals surface area contributed by atoms with Crippen LogP contribution in [0.4, 0.5) is 18.9 Å². The molecule has 182 valence electrons. The number of esters is 2. The number of halogens is 3. The molecule has 35 heavy (non-hydrogen) atoms. The lowest BCUT2D eigenvalue weighted by molar-refractivity contribution is -0.139. The number of allylic oxidation sites excluding steroid dienone is 1. The largest absolute Gasteiger partial charge is 0.466 e. The summed E-state index contributed by atoms with van der Waals surface area (Å²) in [4.78, 5) is 27.0. The molecule has 0 aliphatic carbocycles. The van der Waals surface area contributed by atoms with Gasteiger partial charge in [-0.3, -0.25) is 4.90 Å². The van der Waals surface area contributed by atoms with E-state index < -0.39 is 23.4 Å². The van der Waals surface area contributed by atoms with Crippen LogP contribution in [0.15, 0.2) is 76.1 Å². The molecule has 0 fully saturated rings. The molecule has 0 aromatic heterocycles. The van der Waals surface area contributed by atoms with E-state index in [9.17, 15) is 28.0 Å². The second kappa shape index (κ2) is 10.1. The van der Waals surface area contributed by atoms with Crippen molar-refractivity contribution in [3.05, 3.63) is 82.3 Å². The Kier molecular flexibility index (Phi) is 7.45. The Morgan fingerprint density at radius 2 is 1.71 bits per heavy atom. The van der Waals surface area contributed by atoms with Gasteiger partial charge in [0.05, 0.1) is 43.0 Å². The van der Waals surface area contributed by atoms with Gasteiger partial charge in [-0.05, 0) is 41.9 Å². The van der Waals surface area contributed by atoms with Crippen molar-refractivity contribution in [3.8, 4) is 6.07 Å². The van der Waals surface area contributed by atoms with E-state index in [2.05, 4.69) is 0 Å². The summed E-state index contributed by atoms with van der Waals surface area (Å²) in [5.41, 5.74) is 2.12. The molecule has 2 aromatic rings. The number of benzene rings is 2. The summed E-state index contributed by atoms with van der Waals surface area (Å²) in [6, 6.07) is 14.2. The van der Waals surface area contributed by atoms with E-state index >= 15 is 0 Å². The first-order valence-electron chi connectivity index (χ1n) is 10.1. The highest BCUT2D eigenvalue weighted by molar-refractivity contribution is 8.00. The van der Waals surface area contributed by atoms with E-state index in [1.165, 1.54) is 18.2 Å². The Morgan fingerprint density at radius 1 is 1.09 bits per heavy atom. The number of hydrogen-bond acceptors (Lipinski definition) is 8. The molecular formula is C24H20F3N3O4S. The lowest BCUT2D eigenvalue weighted by Crippen LogP contribution is -2.41. The maximum absolute atomic E-state index is 13.0. The van der Waals surface area contributed by atoms with E-state index in [0.29, 0.717) is 11.1 Å². The number of thioether (sulfide) groups is 1. The summed E-state index contributed by atoms with van der Waals surface area (Å²) < 4.78 is 49.0. The van der Waals surface area contributed by atoms with Crippen molar-refractivity contribution in [2.45, 2.75) is 23.2 Å². The molecule has 0 amide bonds. The minimum absolute atomic E-state index is 0.0674. The third kappa shape index (κ3) is 5.12. The quantitative estimate of drug-likeness (QED) is 0.470. The van der Waals surface area contributed by atoms with Gasteiger partial charge >= 0.3 is 17.4 Å². The fourth-order valence-electron chi connectivity index (χ4n) is 3.79. The highest BCUT2D eigenvalue weighted by Crippen LogP contribution is 2.45. The van der Waals surface area contributed by atoms with Crippen LogP contribution in [0.25, 0.3) is 0 Å². The summed E-state index contributed by atoms with van der Waals surface area (Å²) >= 11 is -0.353. The van der Waals surface area contributed by atoms with Crippen LogP contribution in [-0.2, 0) is 19.1 Å². The van der Waals surface area contributed by atoms with Gasteiger partial charge in [0.25, 0.3) is 0 Å². The van der Waals surface area contributed by atoms with Crippen LogP contribution in [-0.4, -0.2) is 31.7 Å². The summed E-state index contributed by atoms with van der Waals surface area (Å²) in [5.74, 6) is -3.22. The molecule has 1 unspecified atom stereocenters. The number of nitrogens with zero attached hydrogens (tertiary/aromatic N) is 2. The van der Waals surface area contributed by atoms with Crippen LogP contribution < -0.4 is 10.6 Å². The lowest BCUT2D eigenvalue weighted by Gasteiger charge is -2.36. The van der Waals surface area contributed by atoms with Gasteiger partial charge < -0.3 is 15.2 Å². The van der Waals surface area contributed by atoms with Gasteiger partial charge in [0.1, 0.15) is 11.5 Å². The second-order valence-corrected chi connectivity index (χ2v) is 8.47. The molecule has 1 atom stereocenters. The SMILES string of the molecule is COC(=O)C1=C(C(=O)OC)N(c2cc(SC(F)(F)F)ccc2C)C(N)=C(C#N)C1c1ccccc1. The number of methoxy groups -OCH3 is 2. The minimum atomic E-state index is -4.57. The van der Waals surface area contributed by atoms with Crippen LogP contribution in [0.1, 0.15) is 17.0 Å². The maximum atomic E-state index is 13.0. The van der Waals surface area contributed by atoms with Gasteiger partial charge in [-0.25, -0.2) is 9.59 Å². The van der Waals surface area contributed by atoms with Crippen LogP contribution in [0, 0.1) is 18.3 Å². The Balaban J connectivity index is 2.40. The molecule has 0 spiro atoms. The summed E-state index contributed by atoms with van der Waals surface area (Å²) in [5, 5.41) is 10.0. The van der Waals surface area contributed by atoms with Gasteiger partial charge in [0.15, 0.2) is 0 Å². The van der Waals surface area contributed by atoms with Gasteiger partial charge in [-0.1, -0.05) is 36.4 Å². The van der Waals surface area contributed by atoms with Crippen molar-refractivity contribution in [3.63, 3.8) is 0 Å². The molecule has 11 heteroatoms. The number of rotatable bonds is 5. The lowest BCUT2D eigenvalue weighted by atomic mass is 9.81. The highest BCUT2D eigenvalue weighted by Gasteiger charge is 2.43. The van der Waals surface area contributed by atoms with Crippen molar-refractivity contribution < 1.29 is 32.2 Å². The maximum Gasteiger partial charge on any atom is 0.446 e. The Hall–Kier alpha value is -3.91. The van der Waals surface area contributed by atoms with E-state index in [4.69, 9.17) is 15.2 Å². The van der Waals surface area contributed by atoms with Crippen LogP contribution >= 0.6 is 11.8 Å². The van der Waals surface area contributed by atoms with Gasteiger partial charge in [-0.15, -0.1) is 0 Å². The molecular weight excluding hydrogens is 483 g/mol. The van der Waals surface area contributed by atoms with Crippen LogP contribution in [0.2, 0.25) is 0 Å². The summed E-state index contributed by atoms with van der Waals surface area (Å²) in [6.07, 6.45) is 0. The van der Waals surface area contributed by atoms with Crippen molar-refractivity contribution in [1.29, 1.82) is 5.26 Å². The molecule has 2 aromatic carbocycles. The predicted molar refractivity (Wildman–Crippen MR) is 123 cm³/mol. The Labute approximate surface area is 203 Å². The number of carbonyl (C=O) groups excluding carboxylic acids is 2. The van der Waals surface area contributed by atoms with E-state index in [0.717, 1.165) is 19.1 Å². The average Bonchev–Trinajstić information content (AvgIpc) is 2.83. The molecule has 0 saturated heterocycles. The Morgan fingerprint density at radius 3 is 2.26 bits per heavy atom. The van der Waals surface area contributed by atoms with E-state index in [1.807, 2.05) is 6.07 Å². The van der Waals surface area contributed by atoms with Gasteiger partial charge in [-0.2, -0.15) is 18.4 Å². The monoisotopic (exact) mass is 503 g/mol. The van der Waals surface area contributed by atoms with Crippen molar-refractivity contribution in [2.24, 2.45) is 5.73 Å². The number of nitriles is 1. The van der Waals surface area contributed by atoms with E-state index in [-0.39, 0.29) is 45.0 Å². The minimum Gasteiger partial charge on any atom is -0.466 e. The smallest absolute Gasteiger partial charge is 0.446 e. The van der Waals surface area contributed by atoms with Crippen LogP contribution in [0.5, 0.6) is 0 Å². The normalized spacial score (nSPS) is 16.1. The molecule has 1 aliphatic heterocycles. The molecule has 0 radical (unpaired) electrons. The first-order valence-corrected chi connectivity index (χ1v) is 10.9. The molecule has 0 bridgehead atoms. The molecule has 2 N–H and O–H groups in total. The third-order valence-corrected chi connectivity index (χ3v) is 5.99. The number of aryl methyl sites for hydroxylation is 1. The predicted octanol–water partition coefficient (Wildman–Crippen LogP) is 4.50. The molecule has 7 nitrogen and oxygen atoms in total. The second-order valence-electron chi connectivity index (χ2n) is 7.33.